The number of imidazole rings is 1. The highest BCUT2D eigenvalue weighted by Gasteiger charge is 2.20. The quantitative estimate of drug-likeness (QED) is 0.821. The average Bonchev–Trinajstić information content (AvgIpc) is 2.74. The predicted octanol–water partition coefficient (Wildman–Crippen LogP) is 1.08. The van der Waals surface area contributed by atoms with Crippen LogP contribution in [0.2, 0.25) is 0 Å². The number of aromatic nitrogens is 3. The second kappa shape index (κ2) is 4.38. The highest BCUT2D eigenvalue weighted by atomic mass is 16.5. The summed E-state index contributed by atoms with van der Waals surface area (Å²) in [5.41, 5.74) is 1.77. The number of carbonyl (C=O) groups is 1. The van der Waals surface area contributed by atoms with Crippen LogP contribution in [0, 0.1) is 0 Å². The average molecular weight is 247 g/mol. The van der Waals surface area contributed by atoms with E-state index in [1.807, 2.05) is 0 Å². The molecule has 0 aliphatic carbocycles. The highest BCUT2D eigenvalue weighted by Crippen LogP contribution is 2.18. The second-order valence-corrected chi connectivity index (χ2v) is 4.26. The summed E-state index contributed by atoms with van der Waals surface area (Å²) in [6.07, 6.45) is 3.55. The Morgan fingerprint density at radius 1 is 1.67 bits per heavy atom. The number of nitrogens with zero attached hydrogens (tertiary/aromatic N) is 2. The molecule has 1 aliphatic heterocycles. The Morgan fingerprint density at radius 3 is 3.17 bits per heavy atom. The van der Waals surface area contributed by atoms with Gasteiger partial charge in [-0.25, -0.2) is 14.8 Å². The summed E-state index contributed by atoms with van der Waals surface area (Å²) in [5.74, 6) is 0.437. The number of hydrogen-bond acceptors (Lipinski definition) is 5. The molecule has 1 saturated heterocycles. The molecule has 3 rings (SSSR count). The molecule has 1 atom stereocenters. The Labute approximate surface area is 103 Å². The Bertz CT molecular complexity index is 589. The standard InChI is InChI=1S/C12H13N3O3/c1-17-12(16)7-4-9-11(13-6-7)15-10(14-9)5-8-2-3-18-8/h4,6,8H,2-3,5H2,1H3,(H,13,14,15). The van der Waals surface area contributed by atoms with Gasteiger partial charge in [-0.15, -0.1) is 0 Å². The summed E-state index contributed by atoms with van der Waals surface area (Å²) in [6, 6.07) is 1.70. The fourth-order valence-electron chi connectivity index (χ4n) is 1.94. The zero-order chi connectivity index (χ0) is 12.5. The Hall–Kier alpha value is -1.95. The van der Waals surface area contributed by atoms with Crippen LogP contribution in [-0.4, -0.2) is 40.7 Å². The molecule has 0 bridgehead atoms. The third-order valence-corrected chi connectivity index (χ3v) is 3.02. The van der Waals surface area contributed by atoms with E-state index in [1.54, 1.807) is 6.07 Å². The van der Waals surface area contributed by atoms with Crippen molar-refractivity contribution in [1.82, 2.24) is 15.0 Å². The third kappa shape index (κ3) is 1.95. The van der Waals surface area contributed by atoms with Crippen LogP contribution in [0.1, 0.15) is 22.6 Å². The number of rotatable bonds is 3. The van der Waals surface area contributed by atoms with Crippen molar-refractivity contribution in [1.29, 1.82) is 0 Å². The molecule has 6 nitrogen and oxygen atoms in total. The first-order chi connectivity index (χ1) is 8.76. The molecule has 0 amide bonds. The van der Waals surface area contributed by atoms with Crippen LogP contribution in [0.15, 0.2) is 12.3 Å². The van der Waals surface area contributed by atoms with Gasteiger partial charge in [-0.2, -0.15) is 0 Å². The van der Waals surface area contributed by atoms with Gasteiger partial charge in [0.15, 0.2) is 5.65 Å². The fraction of sp³-hybridized carbons (Fsp3) is 0.417. The van der Waals surface area contributed by atoms with E-state index in [2.05, 4.69) is 19.7 Å². The summed E-state index contributed by atoms with van der Waals surface area (Å²) in [6.45, 7) is 0.829. The minimum atomic E-state index is -0.400. The van der Waals surface area contributed by atoms with E-state index in [1.165, 1.54) is 13.3 Å². The van der Waals surface area contributed by atoms with Crippen LogP contribution in [0.5, 0.6) is 0 Å². The lowest BCUT2D eigenvalue weighted by Crippen LogP contribution is -2.29. The van der Waals surface area contributed by atoms with Crippen LogP contribution >= 0.6 is 0 Å². The molecule has 1 unspecified atom stereocenters. The molecule has 3 heterocycles. The van der Waals surface area contributed by atoms with Gasteiger partial charge in [-0.3, -0.25) is 0 Å². The molecule has 0 saturated carbocycles. The van der Waals surface area contributed by atoms with Crippen molar-refractivity contribution >= 4 is 17.1 Å². The molecule has 1 aliphatic rings. The van der Waals surface area contributed by atoms with Gasteiger partial charge < -0.3 is 14.5 Å². The van der Waals surface area contributed by atoms with Crippen molar-refractivity contribution < 1.29 is 14.3 Å². The van der Waals surface area contributed by atoms with E-state index in [9.17, 15) is 4.79 Å². The first kappa shape index (κ1) is 11.2. The predicted molar refractivity (Wildman–Crippen MR) is 63.3 cm³/mol. The molecule has 2 aromatic rings. The number of nitrogens with one attached hydrogen (secondary N) is 1. The maximum atomic E-state index is 11.4. The Kier molecular flexibility index (Phi) is 2.71. The number of esters is 1. The van der Waals surface area contributed by atoms with Crippen molar-refractivity contribution in [3.63, 3.8) is 0 Å². The van der Waals surface area contributed by atoms with E-state index in [0.29, 0.717) is 11.2 Å². The van der Waals surface area contributed by atoms with Crippen molar-refractivity contribution in [2.75, 3.05) is 13.7 Å². The maximum absolute atomic E-state index is 11.4. The highest BCUT2D eigenvalue weighted by molar-refractivity contribution is 5.92. The lowest BCUT2D eigenvalue weighted by Gasteiger charge is -2.25. The number of pyridine rings is 1. The van der Waals surface area contributed by atoms with Crippen molar-refractivity contribution in [2.24, 2.45) is 0 Å². The number of aromatic amines is 1. The van der Waals surface area contributed by atoms with E-state index in [0.717, 1.165) is 30.8 Å². The molecule has 0 aromatic carbocycles. The Morgan fingerprint density at radius 2 is 2.50 bits per heavy atom. The van der Waals surface area contributed by atoms with Gasteiger partial charge in [0, 0.05) is 19.2 Å². The van der Waals surface area contributed by atoms with Crippen LogP contribution in [0.3, 0.4) is 0 Å². The fourth-order valence-corrected chi connectivity index (χ4v) is 1.94. The van der Waals surface area contributed by atoms with E-state index < -0.39 is 5.97 Å². The smallest absolute Gasteiger partial charge is 0.339 e. The molecule has 6 heteroatoms. The molecule has 18 heavy (non-hydrogen) atoms. The lowest BCUT2D eigenvalue weighted by atomic mass is 10.1. The lowest BCUT2D eigenvalue weighted by molar-refractivity contribution is -0.0500. The van der Waals surface area contributed by atoms with Crippen molar-refractivity contribution in [2.45, 2.75) is 18.9 Å². The molecule has 1 fully saturated rings. The van der Waals surface area contributed by atoms with Gasteiger partial charge in [0.1, 0.15) is 5.82 Å². The SMILES string of the molecule is COC(=O)c1cnc2nc(CC3CCO3)[nH]c2c1. The molecule has 0 radical (unpaired) electrons. The van der Waals surface area contributed by atoms with Gasteiger partial charge in [0.2, 0.25) is 0 Å². The molecular formula is C12H13N3O3. The van der Waals surface area contributed by atoms with Gasteiger partial charge >= 0.3 is 5.97 Å². The second-order valence-electron chi connectivity index (χ2n) is 4.26. The first-order valence-electron chi connectivity index (χ1n) is 5.81. The summed E-state index contributed by atoms with van der Waals surface area (Å²) in [7, 11) is 1.35. The van der Waals surface area contributed by atoms with Gasteiger partial charge in [0.25, 0.3) is 0 Å². The van der Waals surface area contributed by atoms with Crippen molar-refractivity contribution in [3.05, 3.63) is 23.7 Å². The number of fused-ring (bicyclic) bond motifs is 1. The molecule has 0 spiro atoms. The van der Waals surface area contributed by atoms with Crippen LogP contribution in [0.25, 0.3) is 11.2 Å². The van der Waals surface area contributed by atoms with E-state index >= 15 is 0 Å². The number of H-pyrrole nitrogens is 1. The van der Waals surface area contributed by atoms with Crippen LogP contribution < -0.4 is 0 Å². The largest absolute Gasteiger partial charge is 0.465 e. The van der Waals surface area contributed by atoms with Gasteiger partial charge in [-0.05, 0) is 12.5 Å². The summed E-state index contributed by atoms with van der Waals surface area (Å²) in [5, 5.41) is 0. The first-order valence-corrected chi connectivity index (χ1v) is 5.81. The molecule has 2 aromatic heterocycles. The normalized spacial score (nSPS) is 18.6. The minimum Gasteiger partial charge on any atom is -0.465 e. The topological polar surface area (TPSA) is 77.1 Å². The molecule has 1 N–H and O–H groups in total. The summed E-state index contributed by atoms with van der Waals surface area (Å²) < 4.78 is 10.0. The number of hydrogen-bond donors (Lipinski definition) is 1. The van der Waals surface area contributed by atoms with E-state index in [-0.39, 0.29) is 6.10 Å². The number of methoxy groups -OCH3 is 1. The summed E-state index contributed by atoms with van der Waals surface area (Å²) >= 11 is 0. The monoisotopic (exact) mass is 247 g/mol. The van der Waals surface area contributed by atoms with Crippen molar-refractivity contribution in [3.8, 4) is 0 Å². The van der Waals surface area contributed by atoms with Gasteiger partial charge in [-0.1, -0.05) is 0 Å². The number of carbonyl (C=O) groups excluding carboxylic acids is 1. The third-order valence-electron chi connectivity index (χ3n) is 3.02. The Balaban J connectivity index is 1.88. The van der Waals surface area contributed by atoms with Crippen LogP contribution in [0.4, 0.5) is 0 Å². The zero-order valence-corrected chi connectivity index (χ0v) is 9.97. The maximum Gasteiger partial charge on any atom is 0.339 e. The number of ether oxygens (including phenoxy) is 2. The zero-order valence-electron chi connectivity index (χ0n) is 9.97. The van der Waals surface area contributed by atoms with E-state index in [4.69, 9.17) is 4.74 Å². The molecular weight excluding hydrogens is 234 g/mol. The summed E-state index contributed by atoms with van der Waals surface area (Å²) in [4.78, 5) is 23.0. The van der Waals surface area contributed by atoms with Crippen LogP contribution in [-0.2, 0) is 15.9 Å². The minimum absolute atomic E-state index is 0.255. The molecule has 94 valence electrons. The van der Waals surface area contributed by atoms with Gasteiger partial charge in [0.05, 0.1) is 24.3 Å².